The molecule has 1 saturated heterocycles. The second kappa shape index (κ2) is 6.31. The lowest BCUT2D eigenvalue weighted by atomic mass is 9.92. The lowest BCUT2D eigenvalue weighted by Crippen LogP contribution is -2.38. The first-order valence-electron chi connectivity index (χ1n) is 6.88. The van der Waals surface area contributed by atoms with Crippen LogP contribution < -0.4 is 0 Å². The minimum absolute atomic E-state index is 0.104. The second-order valence-electron chi connectivity index (χ2n) is 5.44. The average Bonchev–Trinajstić information content (AvgIpc) is 2.37. The fourth-order valence-electron chi connectivity index (χ4n) is 2.90. The molecule has 0 radical (unpaired) electrons. The quantitative estimate of drug-likeness (QED) is 0.922. The number of carboxylic acids is 1. The van der Waals surface area contributed by atoms with Gasteiger partial charge in [-0.1, -0.05) is 6.07 Å². The molecule has 0 saturated carbocycles. The first-order chi connectivity index (χ1) is 9.47. The van der Waals surface area contributed by atoms with Crippen molar-refractivity contribution in [3.05, 3.63) is 35.4 Å². The Kier molecular flexibility index (Phi) is 4.70. The van der Waals surface area contributed by atoms with E-state index in [1.165, 1.54) is 12.1 Å². The Morgan fingerprint density at radius 1 is 1.50 bits per heavy atom. The van der Waals surface area contributed by atoms with Crippen LogP contribution in [-0.4, -0.2) is 29.1 Å². The first kappa shape index (κ1) is 14.9. The zero-order valence-electron chi connectivity index (χ0n) is 11.5. The van der Waals surface area contributed by atoms with E-state index in [0.29, 0.717) is 12.1 Å². The number of hydrogen-bond donors (Lipinski definition) is 1. The molecule has 1 N–H and O–H groups in total. The maximum Gasteiger partial charge on any atom is 0.303 e. The van der Waals surface area contributed by atoms with Crippen LogP contribution in [-0.2, 0) is 4.79 Å². The second-order valence-corrected chi connectivity index (χ2v) is 5.44. The van der Waals surface area contributed by atoms with Gasteiger partial charge in [-0.05, 0) is 38.3 Å². The van der Waals surface area contributed by atoms with Crippen molar-refractivity contribution in [1.82, 2.24) is 4.90 Å². The Hall–Kier alpha value is -1.49. The first-order valence-corrected chi connectivity index (χ1v) is 6.88. The van der Waals surface area contributed by atoms with E-state index in [4.69, 9.17) is 5.11 Å². The van der Waals surface area contributed by atoms with Crippen LogP contribution in [0.2, 0.25) is 0 Å². The summed E-state index contributed by atoms with van der Waals surface area (Å²) in [7, 11) is 0. The van der Waals surface area contributed by atoms with Crippen molar-refractivity contribution in [3.63, 3.8) is 0 Å². The largest absolute Gasteiger partial charge is 0.481 e. The Labute approximate surface area is 117 Å². The topological polar surface area (TPSA) is 40.5 Å². The number of benzene rings is 1. The van der Waals surface area contributed by atoms with E-state index < -0.39 is 17.6 Å². The third kappa shape index (κ3) is 3.54. The number of rotatable bonds is 4. The maximum absolute atomic E-state index is 13.8. The van der Waals surface area contributed by atoms with Crippen molar-refractivity contribution < 1.29 is 18.7 Å². The zero-order chi connectivity index (χ0) is 14.7. The number of nitrogens with zero attached hydrogens (tertiary/aromatic N) is 1. The Morgan fingerprint density at radius 2 is 2.25 bits per heavy atom. The van der Waals surface area contributed by atoms with Crippen LogP contribution in [0.5, 0.6) is 0 Å². The normalized spacial score (nSPS) is 21.6. The molecular formula is C15H19F2NO2. The lowest BCUT2D eigenvalue weighted by molar-refractivity contribution is -0.138. The van der Waals surface area contributed by atoms with Crippen molar-refractivity contribution in [2.45, 2.75) is 32.2 Å². The highest BCUT2D eigenvalue weighted by molar-refractivity contribution is 5.67. The minimum atomic E-state index is -0.794. The molecule has 3 nitrogen and oxygen atoms in total. The van der Waals surface area contributed by atoms with Gasteiger partial charge in [0.25, 0.3) is 0 Å². The molecule has 1 aromatic rings. The van der Waals surface area contributed by atoms with Gasteiger partial charge in [0.05, 0.1) is 0 Å². The van der Waals surface area contributed by atoms with E-state index in [2.05, 4.69) is 4.90 Å². The van der Waals surface area contributed by atoms with Gasteiger partial charge in [0.2, 0.25) is 0 Å². The van der Waals surface area contributed by atoms with Crippen LogP contribution in [0.4, 0.5) is 8.78 Å². The fraction of sp³-hybridized carbons (Fsp3) is 0.533. The molecule has 2 rings (SSSR count). The molecule has 1 aliphatic heterocycles. The summed E-state index contributed by atoms with van der Waals surface area (Å²) in [5.41, 5.74) is 0.461. The molecule has 2 atom stereocenters. The van der Waals surface area contributed by atoms with Crippen molar-refractivity contribution in [3.8, 4) is 0 Å². The molecule has 110 valence electrons. The lowest BCUT2D eigenvalue weighted by Gasteiger charge is -2.36. The fourth-order valence-corrected chi connectivity index (χ4v) is 2.90. The molecule has 1 aliphatic rings. The van der Waals surface area contributed by atoms with Crippen LogP contribution in [0.25, 0.3) is 0 Å². The number of likely N-dealkylation sites (tertiary alicyclic amines) is 1. The Balaban J connectivity index is 2.08. The standard InChI is InChI=1S/C15H19F2NO2/c1-10(13-5-4-12(16)8-14(13)17)18-6-2-3-11(9-18)7-15(19)20/h4-5,8,10-11H,2-3,6-7,9H2,1H3,(H,19,20). The third-order valence-electron chi connectivity index (χ3n) is 3.97. The van der Waals surface area contributed by atoms with Crippen molar-refractivity contribution in [2.24, 2.45) is 5.92 Å². The van der Waals surface area contributed by atoms with Gasteiger partial charge in [0.15, 0.2) is 0 Å². The van der Waals surface area contributed by atoms with E-state index in [9.17, 15) is 13.6 Å². The van der Waals surface area contributed by atoms with E-state index in [1.54, 1.807) is 0 Å². The monoisotopic (exact) mass is 283 g/mol. The van der Waals surface area contributed by atoms with E-state index >= 15 is 0 Å². The maximum atomic E-state index is 13.8. The van der Waals surface area contributed by atoms with Crippen LogP contribution >= 0.6 is 0 Å². The van der Waals surface area contributed by atoms with E-state index in [1.807, 2.05) is 6.92 Å². The van der Waals surface area contributed by atoms with Crippen LogP contribution in [0.1, 0.15) is 37.8 Å². The highest BCUT2D eigenvalue weighted by Crippen LogP contribution is 2.29. The highest BCUT2D eigenvalue weighted by atomic mass is 19.1. The summed E-state index contributed by atoms with van der Waals surface area (Å²) >= 11 is 0. The van der Waals surface area contributed by atoms with Gasteiger partial charge in [0.1, 0.15) is 11.6 Å². The Bertz CT molecular complexity index is 493. The number of carboxylic acid groups (broad SMARTS) is 1. The summed E-state index contributed by atoms with van der Waals surface area (Å²) in [5, 5.41) is 8.86. The van der Waals surface area contributed by atoms with Crippen molar-refractivity contribution >= 4 is 5.97 Å². The summed E-state index contributed by atoms with van der Waals surface area (Å²) < 4.78 is 26.7. The van der Waals surface area contributed by atoms with Gasteiger partial charge in [-0.15, -0.1) is 0 Å². The molecule has 2 unspecified atom stereocenters. The Morgan fingerprint density at radius 3 is 2.90 bits per heavy atom. The summed E-state index contributed by atoms with van der Waals surface area (Å²) in [4.78, 5) is 12.9. The molecule has 1 fully saturated rings. The summed E-state index contributed by atoms with van der Waals surface area (Å²) in [5.74, 6) is -1.82. The SMILES string of the molecule is CC(c1ccc(F)cc1F)N1CCCC(CC(=O)O)C1. The minimum Gasteiger partial charge on any atom is -0.481 e. The van der Waals surface area contributed by atoms with Gasteiger partial charge in [-0.25, -0.2) is 8.78 Å². The van der Waals surface area contributed by atoms with Gasteiger partial charge < -0.3 is 5.11 Å². The smallest absolute Gasteiger partial charge is 0.303 e. The predicted molar refractivity (Wildman–Crippen MR) is 71.3 cm³/mol. The molecule has 20 heavy (non-hydrogen) atoms. The molecule has 1 aromatic carbocycles. The summed E-state index contributed by atoms with van der Waals surface area (Å²) in [6.07, 6.45) is 1.95. The summed E-state index contributed by atoms with van der Waals surface area (Å²) in [6, 6.07) is 3.45. The molecule has 0 aromatic heterocycles. The van der Waals surface area contributed by atoms with Crippen molar-refractivity contribution in [2.75, 3.05) is 13.1 Å². The van der Waals surface area contributed by atoms with Gasteiger partial charge in [-0.2, -0.15) is 0 Å². The van der Waals surface area contributed by atoms with Crippen LogP contribution in [0, 0.1) is 17.6 Å². The zero-order valence-corrected chi connectivity index (χ0v) is 11.5. The van der Waals surface area contributed by atoms with E-state index in [-0.39, 0.29) is 18.4 Å². The highest BCUT2D eigenvalue weighted by Gasteiger charge is 2.27. The molecule has 1 heterocycles. The molecule has 0 bridgehead atoms. The van der Waals surface area contributed by atoms with Crippen LogP contribution in [0.3, 0.4) is 0 Å². The molecule has 0 aliphatic carbocycles. The number of piperidine rings is 1. The summed E-state index contributed by atoms with van der Waals surface area (Å²) in [6.45, 7) is 3.33. The number of aliphatic carboxylic acids is 1. The molecule has 0 spiro atoms. The molecule has 5 heteroatoms. The average molecular weight is 283 g/mol. The number of halogens is 2. The van der Waals surface area contributed by atoms with Crippen molar-refractivity contribution in [1.29, 1.82) is 0 Å². The number of carbonyl (C=O) groups is 1. The van der Waals surface area contributed by atoms with E-state index in [0.717, 1.165) is 25.5 Å². The molecular weight excluding hydrogens is 264 g/mol. The van der Waals surface area contributed by atoms with Gasteiger partial charge in [-0.3, -0.25) is 9.69 Å². The third-order valence-corrected chi connectivity index (χ3v) is 3.97. The van der Waals surface area contributed by atoms with Crippen LogP contribution in [0.15, 0.2) is 18.2 Å². The van der Waals surface area contributed by atoms with Gasteiger partial charge >= 0.3 is 5.97 Å². The van der Waals surface area contributed by atoms with Gasteiger partial charge in [0, 0.05) is 30.6 Å². The number of hydrogen-bond acceptors (Lipinski definition) is 2. The molecule has 0 amide bonds. The predicted octanol–water partition coefficient (Wildman–Crippen LogP) is 3.21.